The number of furan rings is 1. The maximum atomic E-state index is 13.4. The SMILES string of the molecule is O=C(c1ccco1)N1C[C@@H](CF)[C@H](c2nc(C3CC3)n[nH]2)C1. The van der Waals surface area contributed by atoms with Gasteiger partial charge in [0.25, 0.3) is 5.91 Å². The molecule has 6 nitrogen and oxygen atoms in total. The van der Waals surface area contributed by atoms with Crippen LogP contribution in [0.2, 0.25) is 0 Å². The summed E-state index contributed by atoms with van der Waals surface area (Å²) in [6, 6.07) is 3.30. The Morgan fingerprint density at radius 3 is 3.00 bits per heavy atom. The highest BCUT2D eigenvalue weighted by molar-refractivity contribution is 5.91. The van der Waals surface area contributed by atoms with Gasteiger partial charge in [0.2, 0.25) is 0 Å². The number of carbonyl (C=O) groups is 1. The van der Waals surface area contributed by atoms with Crippen LogP contribution >= 0.6 is 0 Å². The summed E-state index contributed by atoms with van der Waals surface area (Å²) < 4.78 is 18.5. The average Bonchev–Trinajstić information content (AvgIpc) is 3.02. The number of hydrogen-bond donors (Lipinski definition) is 1. The average molecular weight is 304 g/mol. The molecule has 0 radical (unpaired) electrons. The molecule has 2 aromatic heterocycles. The third-order valence-corrected chi connectivity index (χ3v) is 4.47. The molecule has 1 saturated heterocycles. The monoisotopic (exact) mass is 304 g/mol. The molecule has 0 bridgehead atoms. The van der Waals surface area contributed by atoms with E-state index in [4.69, 9.17) is 4.42 Å². The van der Waals surface area contributed by atoms with Crippen LogP contribution in [-0.2, 0) is 0 Å². The van der Waals surface area contributed by atoms with Gasteiger partial charge in [0.15, 0.2) is 11.6 Å². The van der Waals surface area contributed by atoms with Gasteiger partial charge in [-0.25, -0.2) is 4.98 Å². The van der Waals surface area contributed by atoms with E-state index in [0.29, 0.717) is 24.8 Å². The normalized spacial score (nSPS) is 24.9. The number of hydrogen-bond acceptors (Lipinski definition) is 4. The standard InChI is InChI=1S/C15H17FN4O2/c16-6-10-7-20(15(21)12-2-1-5-22-12)8-11(10)14-17-13(18-19-14)9-3-4-9/h1-2,5,9-11H,3-4,6-8H2,(H,17,18,19)/t10-,11-/m1/s1. The number of aromatic amines is 1. The van der Waals surface area contributed by atoms with Gasteiger partial charge in [0.1, 0.15) is 5.82 Å². The fourth-order valence-corrected chi connectivity index (χ4v) is 3.04. The number of nitrogens with zero attached hydrogens (tertiary/aromatic N) is 3. The van der Waals surface area contributed by atoms with Gasteiger partial charge in [0.05, 0.1) is 12.9 Å². The minimum absolute atomic E-state index is 0.135. The molecule has 2 atom stereocenters. The van der Waals surface area contributed by atoms with Crippen molar-refractivity contribution >= 4 is 5.91 Å². The summed E-state index contributed by atoms with van der Waals surface area (Å²) in [5.74, 6) is 1.67. The Labute approximate surface area is 126 Å². The van der Waals surface area contributed by atoms with Gasteiger partial charge in [-0.2, -0.15) is 5.10 Å². The predicted molar refractivity (Wildman–Crippen MR) is 75.2 cm³/mol. The maximum absolute atomic E-state index is 13.4. The summed E-state index contributed by atoms with van der Waals surface area (Å²) in [4.78, 5) is 18.5. The van der Waals surface area contributed by atoms with Crippen molar-refractivity contribution in [3.05, 3.63) is 35.8 Å². The second kappa shape index (κ2) is 5.23. The Balaban J connectivity index is 1.53. The van der Waals surface area contributed by atoms with Gasteiger partial charge >= 0.3 is 0 Å². The summed E-state index contributed by atoms with van der Waals surface area (Å²) in [5, 5.41) is 7.17. The molecule has 2 fully saturated rings. The molecular weight excluding hydrogens is 287 g/mol. The van der Waals surface area contributed by atoms with Crippen LogP contribution in [0.4, 0.5) is 4.39 Å². The van der Waals surface area contributed by atoms with E-state index in [1.807, 2.05) is 0 Å². The lowest BCUT2D eigenvalue weighted by Gasteiger charge is -2.13. The van der Waals surface area contributed by atoms with Crippen LogP contribution in [0, 0.1) is 5.92 Å². The molecule has 2 aliphatic rings. The third kappa shape index (κ3) is 2.30. The topological polar surface area (TPSA) is 75.0 Å². The number of halogens is 1. The van der Waals surface area contributed by atoms with E-state index in [-0.39, 0.29) is 23.5 Å². The predicted octanol–water partition coefficient (Wildman–Crippen LogP) is 2.10. The first kappa shape index (κ1) is 13.5. The highest BCUT2D eigenvalue weighted by atomic mass is 19.1. The second-order valence-electron chi connectivity index (χ2n) is 6.06. The lowest BCUT2D eigenvalue weighted by molar-refractivity contribution is 0.0753. The van der Waals surface area contributed by atoms with Crippen LogP contribution in [0.25, 0.3) is 0 Å². The molecule has 4 rings (SSSR count). The molecule has 1 saturated carbocycles. The molecule has 0 spiro atoms. The molecule has 1 aliphatic heterocycles. The van der Waals surface area contributed by atoms with Crippen LogP contribution in [0.1, 0.15) is 46.9 Å². The Morgan fingerprint density at radius 1 is 1.45 bits per heavy atom. The Kier molecular flexibility index (Phi) is 3.20. The second-order valence-corrected chi connectivity index (χ2v) is 6.06. The first-order chi connectivity index (χ1) is 10.8. The molecule has 0 aromatic carbocycles. The first-order valence-electron chi connectivity index (χ1n) is 7.57. The summed E-state index contributed by atoms with van der Waals surface area (Å²) >= 11 is 0. The van der Waals surface area contributed by atoms with E-state index in [1.165, 1.54) is 6.26 Å². The molecule has 2 aromatic rings. The molecule has 22 heavy (non-hydrogen) atoms. The van der Waals surface area contributed by atoms with Crippen molar-refractivity contribution in [2.75, 3.05) is 19.8 Å². The zero-order chi connectivity index (χ0) is 15.1. The van der Waals surface area contributed by atoms with Gasteiger partial charge in [-0.05, 0) is 25.0 Å². The molecular formula is C15H17FN4O2. The fraction of sp³-hybridized carbons (Fsp3) is 0.533. The molecule has 1 aliphatic carbocycles. The molecule has 116 valence electrons. The molecule has 1 amide bonds. The van der Waals surface area contributed by atoms with Crippen molar-refractivity contribution in [3.63, 3.8) is 0 Å². The number of rotatable bonds is 4. The third-order valence-electron chi connectivity index (χ3n) is 4.47. The molecule has 7 heteroatoms. The van der Waals surface area contributed by atoms with Gasteiger partial charge in [-0.1, -0.05) is 0 Å². The summed E-state index contributed by atoms with van der Waals surface area (Å²) in [5.41, 5.74) is 0. The van der Waals surface area contributed by atoms with E-state index in [1.54, 1.807) is 17.0 Å². The zero-order valence-electron chi connectivity index (χ0n) is 12.0. The van der Waals surface area contributed by atoms with E-state index < -0.39 is 6.67 Å². The minimum Gasteiger partial charge on any atom is -0.459 e. The first-order valence-corrected chi connectivity index (χ1v) is 7.57. The van der Waals surface area contributed by atoms with Gasteiger partial charge in [-0.15, -0.1) is 0 Å². The van der Waals surface area contributed by atoms with Crippen molar-refractivity contribution < 1.29 is 13.6 Å². The van der Waals surface area contributed by atoms with Crippen molar-refractivity contribution in [1.29, 1.82) is 0 Å². The van der Waals surface area contributed by atoms with E-state index in [0.717, 1.165) is 18.7 Å². The molecule has 1 N–H and O–H groups in total. The van der Waals surface area contributed by atoms with Crippen LogP contribution in [0.15, 0.2) is 22.8 Å². The maximum Gasteiger partial charge on any atom is 0.289 e. The largest absolute Gasteiger partial charge is 0.459 e. The van der Waals surface area contributed by atoms with E-state index in [2.05, 4.69) is 15.2 Å². The van der Waals surface area contributed by atoms with Crippen LogP contribution in [-0.4, -0.2) is 45.8 Å². The Hall–Kier alpha value is -2.18. The highest BCUT2D eigenvalue weighted by Crippen LogP contribution is 2.39. The van der Waals surface area contributed by atoms with Crippen molar-refractivity contribution in [2.45, 2.75) is 24.7 Å². The number of alkyl halides is 1. The van der Waals surface area contributed by atoms with Crippen molar-refractivity contribution in [2.24, 2.45) is 5.92 Å². The number of nitrogens with one attached hydrogen (secondary N) is 1. The number of amides is 1. The lowest BCUT2D eigenvalue weighted by Crippen LogP contribution is -2.28. The van der Waals surface area contributed by atoms with Crippen molar-refractivity contribution in [1.82, 2.24) is 20.1 Å². The van der Waals surface area contributed by atoms with Crippen LogP contribution in [0.3, 0.4) is 0 Å². The Morgan fingerprint density at radius 2 is 2.32 bits per heavy atom. The van der Waals surface area contributed by atoms with Gasteiger partial charge < -0.3 is 9.32 Å². The smallest absolute Gasteiger partial charge is 0.289 e. The van der Waals surface area contributed by atoms with Crippen LogP contribution < -0.4 is 0 Å². The summed E-state index contributed by atoms with van der Waals surface area (Å²) in [6.45, 7) is 0.333. The number of carbonyl (C=O) groups excluding carboxylic acids is 1. The summed E-state index contributed by atoms with van der Waals surface area (Å²) in [7, 11) is 0. The van der Waals surface area contributed by atoms with Crippen molar-refractivity contribution in [3.8, 4) is 0 Å². The van der Waals surface area contributed by atoms with E-state index in [9.17, 15) is 9.18 Å². The zero-order valence-corrected chi connectivity index (χ0v) is 12.0. The quantitative estimate of drug-likeness (QED) is 0.938. The fourth-order valence-electron chi connectivity index (χ4n) is 3.04. The van der Waals surface area contributed by atoms with Gasteiger partial charge in [0, 0.05) is 30.8 Å². The molecule has 3 heterocycles. The summed E-state index contributed by atoms with van der Waals surface area (Å²) in [6.07, 6.45) is 3.71. The van der Waals surface area contributed by atoms with Gasteiger partial charge in [-0.3, -0.25) is 14.3 Å². The number of aromatic nitrogens is 3. The Bertz CT molecular complexity index is 665. The number of H-pyrrole nitrogens is 1. The number of likely N-dealkylation sites (tertiary alicyclic amines) is 1. The molecule has 0 unspecified atom stereocenters. The highest BCUT2D eigenvalue weighted by Gasteiger charge is 2.39. The van der Waals surface area contributed by atoms with E-state index >= 15 is 0 Å². The lowest BCUT2D eigenvalue weighted by atomic mass is 9.97. The minimum atomic E-state index is -0.480. The van der Waals surface area contributed by atoms with Crippen LogP contribution in [0.5, 0.6) is 0 Å².